The van der Waals surface area contributed by atoms with Crippen LogP contribution in [0.15, 0.2) is 18.3 Å². The first-order valence-corrected chi connectivity index (χ1v) is 7.87. The van der Waals surface area contributed by atoms with Gasteiger partial charge in [-0.05, 0) is 19.4 Å². The number of rotatable bonds is 5. The highest BCUT2D eigenvalue weighted by Crippen LogP contribution is 2.23. The molecule has 8 heteroatoms. The van der Waals surface area contributed by atoms with Crippen LogP contribution in [0.2, 0.25) is 0 Å². The molecule has 3 rings (SSSR count). The fourth-order valence-corrected chi connectivity index (χ4v) is 2.76. The summed E-state index contributed by atoms with van der Waals surface area (Å²) in [5.41, 5.74) is 1.34. The summed E-state index contributed by atoms with van der Waals surface area (Å²) in [6, 6.07) is 3.67. The molecule has 0 aliphatic carbocycles. The van der Waals surface area contributed by atoms with Gasteiger partial charge in [0.25, 0.3) is 5.91 Å². The number of hydrogen-bond donors (Lipinski definition) is 0. The second-order valence-corrected chi connectivity index (χ2v) is 5.96. The van der Waals surface area contributed by atoms with Crippen molar-refractivity contribution in [3.05, 3.63) is 29.6 Å². The Kier molecular flexibility index (Phi) is 4.64. The Bertz CT molecular complexity index is 713. The van der Waals surface area contributed by atoms with Crippen LogP contribution in [0, 0.1) is 12.8 Å². The molecule has 1 aliphatic rings. The van der Waals surface area contributed by atoms with Gasteiger partial charge in [0.05, 0.1) is 19.4 Å². The summed E-state index contributed by atoms with van der Waals surface area (Å²) in [5.74, 6) is 1.09. The smallest absolute Gasteiger partial charge is 0.260 e. The summed E-state index contributed by atoms with van der Waals surface area (Å²) >= 11 is 0. The Balaban J connectivity index is 1.56. The zero-order chi connectivity index (χ0) is 17.1. The first-order valence-electron chi connectivity index (χ1n) is 7.87. The van der Waals surface area contributed by atoms with Crippen LogP contribution in [-0.4, -0.2) is 57.6 Å². The number of aryl methyl sites for hydroxylation is 2. The predicted octanol–water partition coefficient (Wildman–Crippen LogP) is 1.07. The molecule has 1 unspecified atom stereocenters. The summed E-state index contributed by atoms with van der Waals surface area (Å²) in [4.78, 5) is 14.4. The molecule has 2 aromatic rings. The van der Waals surface area contributed by atoms with Gasteiger partial charge in [-0.25, -0.2) is 0 Å². The molecule has 0 spiro atoms. The largest absolute Gasteiger partial charge is 0.479 e. The number of hydrogen-bond acceptors (Lipinski definition) is 6. The van der Waals surface area contributed by atoms with Crippen molar-refractivity contribution in [2.45, 2.75) is 13.3 Å². The summed E-state index contributed by atoms with van der Waals surface area (Å²) < 4.78 is 12.4. The van der Waals surface area contributed by atoms with Gasteiger partial charge in [0.1, 0.15) is 5.56 Å². The number of amides is 1. The average molecular weight is 331 g/mol. The Morgan fingerprint density at radius 1 is 1.38 bits per heavy atom. The molecule has 2 aromatic heterocycles. The van der Waals surface area contributed by atoms with E-state index in [0.29, 0.717) is 37.0 Å². The van der Waals surface area contributed by atoms with Crippen LogP contribution >= 0.6 is 0 Å². The number of nitrogens with zero attached hydrogens (tertiary/aromatic N) is 5. The Labute approximate surface area is 140 Å². The topological polar surface area (TPSA) is 82.4 Å². The maximum absolute atomic E-state index is 12.6. The quantitative estimate of drug-likeness (QED) is 0.815. The summed E-state index contributed by atoms with van der Waals surface area (Å²) in [7, 11) is 3.28. The summed E-state index contributed by atoms with van der Waals surface area (Å²) in [5, 5.41) is 12.1. The second kappa shape index (κ2) is 6.86. The van der Waals surface area contributed by atoms with Crippen molar-refractivity contribution in [2.24, 2.45) is 13.0 Å². The lowest BCUT2D eigenvalue weighted by Gasteiger charge is -2.16. The molecule has 24 heavy (non-hydrogen) atoms. The highest BCUT2D eigenvalue weighted by Gasteiger charge is 2.30. The molecule has 1 saturated heterocycles. The standard InChI is InChI=1S/C16H21N5O3/c1-11-4-5-14(18-17-11)24-10-12-6-7-21(8-12)16(22)13-9-20(2)19-15(13)23-3/h4-5,9,12H,6-8,10H2,1-3H3. The highest BCUT2D eigenvalue weighted by atomic mass is 16.5. The van der Waals surface area contributed by atoms with Gasteiger partial charge in [-0.2, -0.15) is 5.10 Å². The maximum Gasteiger partial charge on any atom is 0.260 e. The molecule has 128 valence electrons. The number of likely N-dealkylation sites (tertiary alicyclic amines) is 1. The summed E-state index contributed by atoms with van der Waals surface area (Å²) in [6.45, 7) is 3.75. The third-order valence-electron chi connectivity index (χ3n) is 4.03. The zero-order valence-corrected chi connectivity index (χ0v) is 14.1. The lowest BCUT2D eigenvalue weighted by molar-refractivity contribution is 0.0779. The van der Waals surface area contributed by atoms with Crippen molar-refractivity contribution >= 4 is 5.91 Å². The van der Waals surface area contributed by atoms with Gasteiger partial charge >= 0.3 is 0 Å². The molecule has 1 amide bonds. The highest BCUT2D eigenvalue weighted by molar-refractivity contribution is 5.96. The van der Waals surface area contributed by atoms with E-state index in [0.717, 1.165) is 12.1 Å². The third kappa shape index (κ3) is 3.47. The van der Waals surface area contributed by atoms with Gasteiger partial charge in [-0.1, -0.05) is 0 Å². The molecule has 0 aromatic carbocycles. The monoisotopic (exact) mass is 331 g/mol. The van der Waals surface area contributed by atoms with E-state index in [1.54, 1.807) is 24.0 Å². The molecule has 0 N–H and O–H groups in total. The number of carbonyl (C=O) groups excluding carboxylic acids is 1. The van der Waals surface area contributed by atoms with Gasteiger partial charge in [-0.3, -0.25) is 9.48 Å². The molecular formula is C16H21N5O3. The van der Waals surface area contributed by atoms with Crippen molar-refractivity contribution in [1.82, 2.24) is 24.9 Å². The molecule has 1 fully saturated rings. The maximum atomic E-state index is 12.6. The second-order valence-electron chi connectivity index (χ2n) is 5.96. The first-order chi connectivity index (χ1) is 11.6. The first kappa shape index (κ1) is 16.2. The lowest BCUT2D eigenvalue weighted by atomic mass is 10.1. The predicted molar refractivity (Wildman–Crippen MR) is 86.0 cm³/mol. The number of ether oxygens (including phenoxy) is 2. The van der Waals surface area contributed by atoms with Crippen molar-refractivity contribution in [1.29, 1.82) is 0 Å². The van der Waals surface area contributed by atoms with Crippen LogP contribution in [0.4, 0.5) is 0 Å². The fraction of sp³-hybridized carbons (Fsp3) is 0.500. The van der Waals surface area contributed by atoms with Gasteiger partial charge in [0, 0.05) is 38.3 Å². The molecule has 0 radical (unpaired) electrons. The van der Waals surface area contributed by atoms with E-state index in [9.17, 15) is 4.79 Å². The van der Waals surface area contributed by atoms with Crippen LogP contribution in [0.3, 0.4) is 0 Å². The van der Waals surface area contributed by atoms with Crippen molar-refractivity contribution in [2.75, 3.05) is 26.8 Å². The van der Waals surface area contributed by atoms with Crippen LogP contribution < -0.4 is 9.47 Å². The number of methoxy groups -OCH3 is 1. The molecule has 1 aliphatic heterocycles. The van der Waals surface area contributed by atoms with Gasteiger partial charge in [-0.15, -0.1) is 10.2 Å². The SMILES string of the molecule is COc1nn(C)cc1C(=O)N1CCC(COc2ccc(C)nn2)C1. The minimum Gasteiger partial charge on any atom is -0.479 e. The van der Waals surface area contributed by atoms with Gasteiger partial charge in [0.2, 0.25) is 11.8 Å². The fourth-order valence-electron chi connectivity index (χ4n) is 2.76. The molecule has 3 heterocycles. The van der Waals surface area contributed by atoms with Crippen LogP contribution in [0.25, 0.3) is 0 Å². The van der Waals surface area contributed by atoms with Gasteiger partial charge < -0.3 is 14.4 Å². The number of carbonyl (C=O) groups is 1. The van der Waals surface area contributed by atoms with Crippen LogP contribution in [0.1, 0.15) is 22.5 Å². The zero-order valence-electron chi connectivity index (χ0n) is 14.1. The average Bonchev–Trinajstić information content (AvgIpc) is 3.20. The number of aromatic nitrogens is 4. The molecular weight excluding hydrogens is 310 g/mol. The molecule has 1 atom stereocenters. The van der Waals surface area contributed by atoms with E-state index in [-0.39, 0.29) is 11.8 Å². The van der Waals surface area contributed by atoms with Crippen LogP contribution in [-0.2, 0) is 7.05 Å². The van der Waals surface area contributed by atoms with E-state index in [1.165, 1.54) is 7.11 Å². The summed E-state index contributed by atoms with van der Waals surface area (Å²) in [6.07, 6.45) is 2.58. The minimum absolute atomic E-state index is 0.0578. The van der Waals surface area contributed by atoms with Crippen molar-refractivity contribution in [3.63, 3.8) is 0 Å². The normalized spacial score (nSPS) is 17.1. The van der Waals surface area contributed by atoms with E-state index < -0.39 is 0 Å². The van der Waals surface area contributed by atoms with Crippen molar-refractivity contribution < 1.29 is 14.3 Å². The minimum atomic E-state index is -0.0578. The van der Waals surface area contributed by atoms with Gasteiger partial charge in [0.15, 0.2) is 0 Å². The Morgan fingerprint density at radius 3 is 2.92 bits per heavy atom. The third-order valence-corrected chi connectivity index (χ3v) is 4.03. The molecule has 0 saturated carbocycles. The molecule has 8 nitrogen and oxygen atoms in total. The van der Waals surface area contributed by atoms with E-state index in [4.69, 9.17) is 9.47 Å². The van der Waals surface area contributed by atoms with Crippen LogP contribution in [0.5, 0.6) is 11.8 Å². The van der Waals surface area contributed by atoms with E-state index >= 15 is 0 Å². The van der Waals surface area contributed by atoms with Crippen molar-refractivity contribution in [3.8, 4) is 11.8 Å². The van der Waals surface area contributed by atoms with E-state index in [2.05, 4.69) is 15.3 Å². The lowest BCUT2D eigenvalue weighted by Crippen LogP contribution is -2.29. The molecule has 0 bridgehead atoms. The van der Waals surface area contributed by atoms with E-state index in [1.807, 2.05) is 17.9 Å². The Hall–Kier alpha value is -2.64. The Morgan fingerprint density at radius 2 is 2.21 bits per heavy atom.